The molecule has 1 N–H and O–H groups in total. The SMILES string of the molecule is CC(C)Cc1ccn(CCN2CCNCC2)n1. The topological polar surface area (TPSA) is 33.1 Å². The molecule has 1 saturated heterocycles. The van der Waals surface area contributed by atoms with Crippen molar-refractivity contribution in [1.82, 2.24) is 20.0 Å². The molecule has 17 heavy (non-hydrogen) atoms. The molecule has 96 valence electrons. The van der Waals surface area contributed by atoms with Crippen LogP contribution in [0, 0.1) is 5.92 Å². The van der Waals surface area contributed by atoms with Crippen LogP contribution in [-0.2, 0) is 13.0 Å². The zero-order valence-corrected chi connectivity index (χ0v) is 11.0. The summed E-state index contributed by atoms with van der Waals surface area (Å²) in [6, 6.07) is 2.15. The molecule has 1 fully saturated rings. The molecule has 0 radical (unpaired) electrons. The fourth-order valence-corrected chi connectivity index (χ4v) is 2.23. The Morgan fingerprint density at radius 3 is 2.76 bits per heavy atom. The van der Waals surface area contributed by atoms with E-state index >= 15 is 0 Å². The maximum Gasteiger partial charge on any atom is 0.0627 e. The summed E-state index contributed by atoms with van der Waals surface area (Å²) in [5.41, 5.74) is 1.22. The van der Waals surface area contributed by atoms with Crippen molar-refractivity contribution in [2.24, 2.45) is 5.92 Å². The zero-order chi connectivity index (χ0) is 12.1. The minimum atomic E-state index is 0.687. The molecule has 0 aliphatic carbocycles. The van der Waals surface area contributed by atoms with Gasteiger partial charge in [0.2, 0.25) is 0 Å². The molecule has 1 aliphatic heterocycles. The normalized spacial score (nSPS) is 17.8. The van der Waals surface area contributed by atoms with E-state index in [1.165, 1.54) is 18.8 Å². The predicted octanol–water partition coefficient (Wildman–Crippen LogP) is 0.987. The Bertz CT molecular complexity index is 326. The monoisotopic (exact) mass is 236 g/mol. The lowest BCUT2D eigenvalue weighted by Crippen LogP contribution is -2.44. The minimum absolute atomic E-state index is 0.687. The van der Waals surface area contributed by atoms with Gasteiger partial charge in [-0.1, -0.05) is 13.8 Å². The average molecular weight is 236 g/mol. The van der Waals surface area contributed by atoms with E-state index in [1.54, 1.807) is 0 Å². The Hall–Kier alpha value is -0.870. The summed E-state index contributed by atoms with van der Waals surface area (Å²) in [6.45, 7) is 11.2. The maximum absolute atomic E-state index is 4.61. The summed E-state index contributed by atoms with van der Waals surface area (Å²) in [5, 5.41) is 7.98. The van der Waals surface area contributed by atoms with Crippen LogP contribution in [0.1, 0.15) is 19.5 Å². The average Bonchev–Trinajstić information content (AvgIpc) is 2.75. The van der Waals surface area contributed by atoms with Gasteiger partial charge in [0.15, 0.2) is 0 Å². The van der Waals surface area contributed by atoms with Crippen LogP contribution >= 0.6 is 0 Å². The quantitative estimate of drug-likeness (QED) is 0.827. The van der Waals surface area contributed by atoms with Gasteiger partial charge in [-0.05, 0) is 18.4 Å². The molecule has 0 atom stereocenters. The standard InChI is InChI=1S/C13H24N4/c1-12(2)11-13-3-6-17(15-13)10-9-16-7-4-14-5-8-16/h3,6,12,14H,4-5,7-11H2,1-2H3. The van der Waals surface area contributed by atoms with Crippen LogP contribution in [0.25, 0.3) is 0 Å². The molecule has 4 heteroatoms. The summed E-state index contributed by atoms with van der Waals surface area (Å²) in [5.74, 6) is 0.687. The first-order valence-electron chi connectivity index (χ1n) is 6.69. The maximum atomic E-state index is 4.61. The van der Waals surface area contributed by atoms with Gasteiger partial charge in [-0.3, -0.25) is 9.58 Å². The Labute approximate surface area is 104 Å². The number of nitrogens with one attached hydrogen (secondary N) is 1. The van der Waals surface area contributed by atoms with Crippen molar-refractivity contribution in [3.8, 4) is 0 Å². The smallest absolute Gasteiger partial charge is 0.0627 e. The first-order chi connectivity index (χ1) is 8.24. The molecular weight excluding hydrogens is 212 g/mol. The van der Waals surface area contributed by atoms with Gasteiger partial charge in [0.05, 0.1) is 12.2 Å². The Morgan fingerprint density at radius 2 is 2.06 bits per heavy atom. The second-order valence-corrected chi connectivity index (χ2v) is 5.26. The van der Waals surface area contributed by atoms with E-state index in [0.717, 1.165) is 32.6 Å². The first-order valence-corrected chi connectivity index (χ1v) is 6.69. The third-order valence-corrected chi connectivity index (χ3v) is 3.17. The van der Waals surface area contributed by atoms with Gasteiger partial charge >= 0.3 is 0 Å². The van der Waals surface area contributed by atoms with Gasteiger partial charge in [0.1, 0.15) is 0 Å². The molecule has 2 rings (SSSR count). The van der Waals surface area contributed by atoms with E-state index in [-0.39, 0.29) is 0 Å². The number of hydrogen-bond acceptors (Lipinski definition) is 3. The van der Waals surface area contributed by atoms with Crippen LogP contribution in [0.3, 0.4) is 0 Å². The lowest BCUT2D eigenvalue weighted by atomic mass is 10.1. The molecule has 0 bridgehead atoms. The third-order valence-electron chi connectivity index (χ3n) is 3.17. The van der Waals surface area contributed by atoms with E-state index in [4.69, 9.17) is 0 Å². The van der Waals surface area contributed by atoms with Crippen molar-refractivity contribution in [1.29, 1.82) is 0 Å². The third kappa shape index (κ3) is 4.13. The van der Waals surface area contributed by atoms with Gasteiger partial charge in [0.25, 0.3) is 0 Å². The number of hydrogen-bond donors (Lipinski definition) is 1. The fourth-order valence-electron chi connectivity index (χ4n) is 2.23. The second kappa shape index (κ2) is 6.17. The van der Waals surface area contributed by atoms with Crippen molar-refractivity contribution >= 4 is 0 Å². The first kappa shape index (κ1) is 12.6. The molecule has 0 amide bonds. The van der Waals surface area contributed by atoms with E-state index < -0.39 is 0 Å². The number of rotatable bonds is 5. The molecule has 1 aliphatic rings. The molecule has 1 aromatic rings. The van der Waals surface area contributed by atoms with Gasteiger partial charge in [-0.15, -0.1) is 0 Å². The summed E-state index contributed by atoms with van der Waals surface area (Å²) in [4.78, 5) is 2.50. The van der Waals surface area contributed by atoms with Gasteiger partial charge in [-0.2, -0.15) is 5.10 Å². The molecule has 0 aromatic carbocycles. The van der Waals surface area contributed by atoms with Gasteiger partial charge < -0.3 is 5.32 Å². The summed E-state index contributed by atoms with van der Waals surface area (Å²) >= 11 is 0. The highest BCUT2D eigenvalue weighted by Crippen LogP contribution is 2.05. The van der Waals surface area contributed by atoms with Crippen LogP contribution in [0.5, 0.6) is 0 Å². The summed E-state index contributed by atoms with van der Waals surface area (Å²) in [7, 11) is 0. The van der Waals surface area contributed by atoms with E-state index in [1.807, 2.05) is 0 Å². The highest BCUT2D eigenvalue weighted by atomic mass is 15.3. The molecule has 0 unspecified atom stereocenters. The van der Waals surface area contributed by atoms with Crippen LogP contribution in [0.4, 0.5) is 0 Å². The highest BCUT2D eigenvalue weighted by Gasteiger charge is 2.09. The predicted molar refractivity (Wildman–Crippen MR) is 70.1 cm³/mol. The molecule has 2 heterocycles. The van der Waals surface area contributed by atoms with Crippen molar-refractivity contribution < 1.29 is 0 Å². The van der Waals surface area contributed by atoms with E-state index in [2.05, 4.69) is 46.1 Å². The van der Waals surface area contributed by atoms with Gasteiger partial charge in [-0.25, -0.2) is 0 Å². The van der Waals surface area contributed by atoms with Gasteiger partial charge in [0, 0.05) is 38.9 Å². The molecular formula is C13H24N4. The van der Waals surface area contributed by atoms with Crippen molar-refractivity contribution in [2.45, 2.75) is 26.8 Å². The largest absolute Gasteiger partial charge is 0.314 e. The molecule has 0 spiro atoms. The Balaban J connectivity index is 1.76. The highest BCUT2D eigenvalue weighted by molar-refractivity contribution is 4.99. The number of aromatic nitrogens is 2. The fraction of sp³-hybridized carbons (Fsp3) is 0.769. The Kier molecular flexibility index (Phi) is 4.57. The van der Waals surface area contributed by atoms with Crippen LogP contribution in [0.2, 0.25) is 0 Å². The molecule has 4 nitrogen and oxygen atoms in total. The van der Waals surface area contributed by atoms with Crippen molar-refractivity contribution in [3.05, 3.63) is 18.0 Å². The zero-order valence-electron chi connectivity index (χ0n) is 11.0. The summed E-state index contributed by atoms with van der Waals surface area (Å²) in [6.07, 6.45) is 3.19. The minimum Gasteiger partial charge on any atom is -0.314 e. The second-order valence-electron chi connectivity index (χ2n) is 5.26. The van der Waals surface area contributed by atoms with Crippen LogP contribution in [0.15, 0.2) is 12.3 Å². The lowest BCUT2D eigenvalue weighted by Gasteiger charge is -2.26. The van der Waals surface area contributed by atoms with Crippen molar-refractivity contribution in [2.75, 3.05) is 32.7 Å². The van der Waals surface area contributed by atoms with Crippen LogP contribution in [-0.4, -0.2) is 47.4 Å². The van der Waals surface area contributed by atoms with E-state index in [9.17, 15) is 0 Å². The summed E-state index contributed by atoms with van der Waals surface area (Å²) < 4.78 is 2.08. The molecule has 0 saturated carbocycles. The lowest BCUT2D eigenvalue weighted by molar-refractivity contribution is 0.229. The number of nitrogens with zero attached hydrogens (tertiary/aromatic N) is 3. The molecule has 1 aromatic heterocycles. The van der Waals surface area contributed by atoms with E-state index in [0.29, 0.717) is 5.92 Å². The van der Waals surface area contributed by atoms with Crippen molar-refractivity contribution in [3.63, 3.8) is 0 Å². The van der Waals surface area contributed by atoms with Crippen LogP contribution < -0.4 is 5.32 Å². The number of piperazine rings is 1. The Morgan fingerprint density at radius 1 is 1.29 bits per heavy atom.